The minimum absolute atomic E-state index is 0.0849. The van der Waals surface area contributed by atoms with Crippen molar-refractivity contribution < 1.29 is 14.3 Å². The molecule has 1 aliphatic carbocycles. The van der Waals surface area contributed by atoms with Crippen molar-refractivity contribution in [1.82, 2.24) is 4.57 Å². The quantitative estimate of drug-likeness (QED) is 0.348. The predicted octanol–water partition coefficient (Wildman–Crippen LogP) is 6.13. The molecule has 2 N–H and O–H groups in total. The third-order valence-electron chi connectivity index (χ3n) is 5.83. The SMILES string of the molecule is CCOC(=O)C1=C(N)OC2=C(c3sc(=S)n(-c4ccccc4)c3CC2)C1c1ccc(Cl)cc1. The number of allylic oxidation sites excluding steroid dienone is 2. The summed E-state index contributed by atoms with van der Waals surface area (Å²) in [5, 5.41) is 0.616. The number of fused-ring (bicyclic) bond motifs is 2. The van der Waals surface area contributed by atoms with Crippen LogP contribution >= 0.6 is 35.2 Å². The van der Waals surface area contributed by atoms with E-state index in [-0.39, 0.29) is 12.5 Å². The molecule has 33 heavy (non-hydrogen) atoms. The fourth-order valence-corrected chi connectivity index (χ4v) is 6.19. The molecule has 1 atom stereocenters. The second-order valence-electron chi connectivity index (χ2n) is 7.74. The van der Waals surface area contributed by atoms with Crippen LogP contribution in [0.3, 0.4) is 0 Å². The molecule has 0 saturated carbocycles. The lowest BCUT2D eigenvalue weighted by atomic mass is 9.79. The average Bonchev–Trinajstić information content (AvgIpc) is 3.15. The molecular formula is C25H21ClN2O3S2. The summed E-state index contributed by atoms with van der Waals surface area (Å²) >= 11 is 13.5. The van der Waals surface area contributed by atoms with Crippen LogP contribution in [0.4, 0.5) is 0 Å². The van der Waals surface area contributed by atoms with Crippen LogP contribution in [0.15, 0.2) is 71.8 Å². The van der Waals surface area contributed by atoms with E-state index in [1.54, 1.807) is 6.92 Å². The minimum atomic E-state index is -0.486. The number of halogens is 1. The van der Waals surface area contributed by atoms with Crippen molar-refractivity contribution in [2.75, 3.05) is 6.61 Å². The lowest BCUT2D eigenvalue weighted by molar-refractivity contribution is -0.139. The number of para-hydroxylation sites is 1. The Morgan fingerprint density at radius 1 is 1.21 bits per heavy atom. The van der Waals surface area contributed by atoms with E-state index in [0.717, 1.165) is 43.5 Å². The number of hydrogen-bond donors (Lipinski definition) is 1. The third-order valence-corrected chi connectivity index (χ3v) is 7.53. The summed E-state index contributed by atoms with van der Waals surface area (Å²) in [6.45, 7) is 2.01. The molecule has 168 valence electrons. The van der Waals surface area contributed by atoms with E-state index < -0.39 is 11.9 Å². The Bertz CT molecular complexity index is 1350. The highest BCUT2D eigenvalue weighted by molar-refractivity contribution is 7.73. The van der Waals surface area contributed by atoms with Gasteiger partial charge in [0.05, 0.1) is 17.4 Å². The topological polar surface area (TPSA) is 66.5 Å². The Balaban J connectivity index is 1.73. The average molecular weight is 497 g/mol. The van der Waals surface area contributed by atoms with Gasteiger partial charge in [-0.25, -0.2) is 4.79 Å². The Hall–Kier alpha value is -2.87. The van der Waals surface area contributed by atoms with Gasteiger partial charge in [-0.15, -0.1) is 11.3 Å². The van der Waals surface area contributed by atoms with Gasteiger partial charge >= 0.3 is 5.97 Å². The second-order valence-corrected chi connectivity index (χ2v) is 9.82. The molecule has 1 unspecified atom stereocenters. The molecule has 8 heteroatoms. The molecule has 5 rings (SSSR count). The van der Waals surface area contributed by atoms with Crippen LogP contribution in [0.5, 0.6) is 0 Å². The highest BCUT2D eigenvalue weighted by Crippen LogP contribution is 2.51. The zero-order valence-electron chi connectivity index (χ0n) is 17.8. The number of nitrogens with two attached hydrogens (primary N) is 1. The monoisotopic (exact) mass is 496 g/mol. The van der Waals surface area contributed by atoms with Gasteiger partial charge in [-0.1, -0.05) is 41.9 Å². The van der Waals surface area contributed by atoms with Crippen molar-refractivity contribution >= 4 is 46.7 Å². The van der Waals surface area contributed by atoms with E-state index in [9.17, 15) is 4.79 Å². The maximum atomic E-state index is 13.0. The normalized spacial score (nSPS) is 17.3. The lowest BCUT2D eigenvalue weighted by Crippen LogP contribution is -2.28. The number of nitrogens with zero attached hydrogens (tertiary/aromatic N) is 1. The van der Waals surface area contributed by atoms with Crippen LogP contribution in [-0.4, -0.2) is 17.1 Å². The molecule has 2 aromatic carbocycles. The number of thiazole rings is 1. The molecule has 1 aliphatic heterocycles. The van der Waals surface area contributed by atoms with Gasteiger partial charge in [0.2, 0.25) is 5.88 Å². The fourth-order valence-electron chi connectivity index (χ4n) is 4.46. The number of benzene rings is 2. The first-order valence-corrected chi connectivity index (χ1v) is 12.2. The van der Waals surface area contributed by atoms with E-state index in [0.29, 0.717) is 17.0 Å². The van der Waals surface area contributed by atoms with E-state index in [4.69, 9.17) is 39.0 Å². The van der Waals surface area contributed by atoms with Crippen LogP contribution < -0.4 is 5.73 Å². The van der Waals surface area contributed by atoms with Crippen molar-refractivity contribution in [3.8, 4) is 5.69 Å². The van der Waals surface area contributed by atoms with Crippen molar-refractivity contribution in [2.45, 2.75) is 25.7 Å². The zero-order valence-corrected chi connectivity index (χ0v) is 20.2. The molecule has 2 heterocycles. The van der Waals surface area contributed by atoms with Crippen LogP contribution in [0, 0.1) is 3.95 Å². The number of carbonyl (C=O) groups is 1. The molecule has 2 aliphatic rings. The van der Waals surface area contributed by atoms with Crippen LogP contribution in [0.25, 0.3) is 11.3 Å². The van der Waals surface area contributed by atoms with E-state index in [2.05, 4.69) is 4.57 Å². The molecule has 0 fully saturated rings. The third kappa shape index (κ3) is 3.80. The van der Waals surface area contributed by atoms with Crippen molar-refractivity contribution in [3.63, 3.8) is 0 Å². The number of aromatic nitrogens is 1. The molecule has 1 aromatic heterocycles. The summed E-state index contributed by atoms with van der Waals surface area (Å²) in [7, 11) is 0. The highest BCUT2D eigenvalue weighted by Gasteiger charge is 2.41. The minimum Gasteiger partial charge on any atom is -0.462 e. The Morgan fingerprint density at radius 2 is 1.94 bits per heavy atom. The van der Waals surface area contributed by atoms with Gasteiger partial charge in [-0.2, -0.15) is 0 Å². The molecule has 0 amide bonds. The molecule has 5 nitrogen and oxygen atoms in total. The molecule has 0 saturated heterocycles. The Labute approximate surface area is 205 Å². The molecule has 3 aromatic rings. The largest absolute Gasteiger partial charge is 0.462 e. The number of esters is 1. The molecule has 0 spiro atoms. The maximum Gasteiger partial charge on any atom is 0.340 e. The Morgan fingerprint density at radius 3 is 2.64 bits per heavy atom. The van der Waals surface area contributed by atoms with Gasteiger partial charge in [0, 0.05) is 28.4 Å². The number of hydrogen-bond acceptors (Lipinski definition) is 6. The number of rotatable bonds is 4. The van der Waals surface area contributed by atoms with Gasteiger partial charge in [0.15, 0.2) is 3.95 Å². The van der Waals surface area contributed by atoms with Gasteiger partial charge < -0.3 is 15.2 Å². The second kappa shape index (κ2) is 8.82. The van der Waals surface area contributed by atoms with Gasteiger partial charge in [0.25, 0.3) is 0 Å². The fraction of sp³-hybridized carbons (Fsp3) is 0.200. The first-order chi connectivity index (χ1) is 16.0. The van der Waals surface area contributed by atoms with Gasteiger partial charge in [-0.05, 0) is 55.4 Å². The summed E-state index contributed by atoms with van der Waals surface area (Å²) in [5.74, 6) is -0.0766. The summed E-state index contributed by atoms with van der Waals surface area (Å²) in [4.78, 5) is 14.0. The van der Waals surface area contributed by atoms with Crippen LogP contribution in [0.2, 0.25) is 5.02 Å². The van der Waals surface area contributed by atoms with Gasteiger partial charge in [-0.3, -0.25) is 4.57 Å². The Kier molecular flexibility index (Phi) is 5.86. The summed E-state index contributed by atoms with van der Waals surface area (Å²) in [6.07, 6.45) is 1.41. The summed E-state index contributed by atoms with van der Waals surface area (Å²) in [6, 6.07) is 17.5. The van der Waals surface area contributed by atoms with Gasteiger partial charge in [0.1, 0.15) is 11.3 Å². The molecule has 0 radical (unpaired) electrons. The maximum absolute atomic E-state index is 13.0. The highest BCUT2D eigenvalue weighted by atomic mass is 35.5. The smallest absolute Gasteiger partial charge is 0.340 e. The summed E-state index contributed by atoms with van der Waals surface area (Å²) < 4.78 is 14.3. The van der Waals surface area contributed by atoms with Crippen molar-refractivity contribution in [1.29, 1.82) is 0 Å². The van der Waals surface area contributed by atoms with E-state index >= 15 is 0 Å². The first kappa shape index (κ1) is 21.9. The summed E-state index contributed by atoms with van der Waals surface area (Å²) in [5.41, 5.74) is 10.5. The molecule has 0 bridgehead atoms. The first-order valence-electron chi connectivity index (χ1n) is 10.6. The molecular weight excluding hydrogens is 476 g/mol. The number of ether oxygens (including phenoxy) is 2. The van der Waals surface area contributed by atoms with Crippen LogP contribution in [0.1, 0.15) is 35.4 Å². The van der Waals surface area contributed by atoms with Crippen LogP contribution in [-0.2, 0) is 20.7 Å². The predicted molar refractivity (Wildman–Crippen MR) is 133 cm³/mol. The van der Waals surface area contributed by atoms with E-state index in [1.165, 1.54) is 11.3 Å². The lowest BCUT2D eigenvalue weighted by Gasteiger charge is -2.33. The standard InChI is InChI=1S/C25H21ClN2O3S2/c1-2-30-24(29)21-19(14-8-10-15(26)11-9-14)20-18(31-23(21)27)13-12-17-22(20)33-25(32)28(17)16-6-4-3-5-7-16/h3-11,19H,2,12-13,27H2,1H3. The van der Waals surface area contributed by atoms with Crippen molar-refractivity contribution in [3.05, 3.63) is 96.9 Å². The van der Waals surface area contributed by atoms with E-state index in [1.807, 2.05) is 54.6 Å². The number of carbonyl (C=O) groups excluding carboxylic acids is 1. The van der Waals surface area contributed by atoms with Crippen molar-refractivity contribution in [2.24, 2.45) is 5.73 Å². The zero-order chi connectivity index (χ0) is 23.1.